The monoisotopic (exact) mass is 353 g/mol. The van der Waals surface area contributed by atoms with Gasteiger partial charge in [0, 0.05) is 56.3 Å². The van der Waals surface area contributed by atoms with E-state index in [0.29, 0.717) is 18.0 Å². The van der Waals surface area contributed by atoms with Gasteiger partial charge in [-0.05, 0) is 31.0 Å². The smallest absolute Gasteiger partial charge is 0.170 e. The molecule has 1 saturated carbocycles. The summed E-state index contributed by atoms with van der Waals surface area (Å²) in [6, 6.07) is 6.58. The first kappa shape index (κ1) is 15.7. The third kappa shape index (κ3) is 3.03. The van der Waals surface area contributed by atoms with Gasteiger partial charge in [0.25, 0.3) is 0 Å². The van der Waals surface area contributed by atoms with Crippen LogP contribution >= 0.6 is 0 Å². The van der Waals surface area contributed by atoms with Crippen LogP contribution in [0.2, 0.25) is 0 Å². The van der Waals surface area contributed by atoms with E-state index in [1.165, 1.54) is 25.0 Å². The Labute approximate surface area is 150 Å². The van der Waals surface area contributed by atoms with Crippen molar-refractivity contribution in [1.29, 1.82) is 0 Å². The molecule has 3 aromatic rings. The Morgan fingerprint density at radius 1 is 1.12 bits per heavy atom. The molecule has 5 rings (SSSR count). The second kappa shape index (κ2) is 6.32. The highest BCUT2D eigenvalue weighted by Crippen LogP contribution is 2.38. The lowest BCUT2D eigenvalue weighted by Crippen LogP contribution is -2.46. The minimum Gasteiger partial charge on any atom is -0.356 e. The molecule has 0 unspecified atom stereocenters. The van der Waals surface area contributed by atoms with Crippen molar-refractivity contribution in [2.45, 2.75) is 25.3 Å². The molecule has 2 aliphatic rings. The molecule has 0 atom stereocenters. The van der Waals surface area contributed by atoms with Crippen LogP contribution in [-0.2, 0) is 6.54 Å². The average Bonchev–Trinajstić information content (AvgIpc) is 3.45. The maximum absolute atomic E-state index is 13.3. The summed E-state index contributed by atoms with van der Waals surface area (Å²) in [4.78, 5) is 13.8. The number of piperazine rings is 1. The van der Waals surface area contributed by atoms with Crippen molar-refractivity contribution in [3.63, 3.8) is 0 Å². The number of hydrogen-bond acceptors (Lipinski definition) is 6. The lowest BCUT2D eigenvalue weighted by atomic mass is 10.2. The van der Waals surface area contributed by atoms with Crippen LogP contribution in [0.25, 0.3) is 11.0 Å². The molecule has 1 aromatic carbocycles. The first-order chi connectivity index (χ1) is 12.8. The SMILES string of the molecule is Fc1ccc2c(CN3CCN(c4ccnc(C5CC5)n4)CC3)noc2c1. The summed E-state index contributed by atoms with van der Waals surface area (Å²) in [5.41, 5.74) is 1.37. The van der Waals surface area contributed by atoms with E-state index in [1.54, 1.807) is 6.07 Å². The highest BCUT2D eigenvalue weighted by molar-refractivity contribution is 5.79. The average molecular weight is 353 g/mol. The number of hydrogen-bond donors (Lipinski definition) is 0. The summed E-state index contributed by atoms with van der Waals surface area (Å²) >= 11 is 0. The zero-order valence-corrected chi connectivity index (χ0v) is 14.4. The molecule has 1 aliphatic heterocycles. The molecule has 0 spiro atoms. The van der Waals surface area contributed by atoms with Gasteiger partial charge in [0.15, 0.2) is 5.58 Å². The van der Waals surface area contributed by atoms with E-state index in [0.717, 1.165) is 48.9 Å². The molecule has 0 bridgehead atoms. The van der Waals surface area contributed by atoms with Gasteiger partial charge in [-0.1, -0.05) is 5.16 Å². The van der Waals surface area contributed by atoms with Gasteiger partial charge in [0.05, 0.1) is 0 Å². The Kier molecular flexibility index (Phi) is 3.81. The molecule has 3 heterocycles. The second-order valence-electron chi connectivity index (χ2n) is 7.08. The number of fused-ring (bicyclic) bond motifs is 1. The molecular weight excluding hydrogens is 333 g/mol. The molecular formula is C19H20FN5O. The lowest BCUT2D eigenvalue weighted by Gasteiger charge is -2.35. The van der Waals surface area contributed by atoms with E-state index in [9.17, 15) is 4.39 Å². The zero-order chi connectivity index (χ0) is 17.5. The number of halogens is 1. The largest absolute Gasteiger partial charge is 0.356 e. The first-order valence-electron chi connectivity index (χ1n) is 9.10. The summed E-state index contributed by atoms with van der Waals surface area (Å²) in [7, 11) is 0. The molecule has 0 amide bonds. The molecule has 7 heteroatoms. The van der Waals surface area contributed by atoms with Crippen LogP contribution < -0.4 is 4.90 Å². The number of benzene rings is 1. The van der Waals surface area contributed by atoms with Gasteiger partial charge < -0.3 is 9.42 Å². The molecule has 2 aromatic heterocycles. The maximum atomic E-state index is 13.3. The van der Waals surface area contributed by atoms with Crippen molar-refractivity contribution in [2.75, 3.05) is 31.1 Å². The van der Waals surface area contributed by atoms with Crippen LogP contribution in [0.4, 0.5) is 10.2 Å². The lowest BCUT2D eigenvalue weighted by molar-refractivity contribution is 0.243. The molecule has 2 fully saturated rings. The van der Waals surface area contributed by atoms with Crippen molar-refractivity contribution in [3.8, 4) is 0 Å². The van der Waals surface area contributed by atoms with Crippen LogP contribution in [0.1, 0.15) is 30.3 Å². The number of aromatic nitrogens is 3. The van der Waals surface area contributed by atoms with E-state index in [4.69, 9.17) is 9.51 Å². The fraction of sp³-hybridized carbons (Fsp3) is 0.421. The molecule has 0 radical (unpaired) electrons. The van der Waals surface area contributed by atoms with Crippen LogP contribution in [0.15, 0.2) is 35.0 Å². The Balaban J connectivity index is 1.24. The number of rotatable bonds is 4. The third-order valence-electron chi connectivity index (χ3n) is 5.18. The van der Waals surface area contributed by atoms with Crippen LogP contribution in [0.3, 0.4) is 0 Å². The topological polar surface area (TPSA) is 58.3 Å². The highest BCUT2D eigenvalue weighted by Gasteiger charge is 2.27. The predicted molar refractivity (Wildman–Crippen MR) is 95.5 cm³/mol. The van der Waals surface area contributed by atoms with Crippen molar-refractivity contribution in [2.24, 2.45) is 0 Å². The van der Waals surface area contributed by atoms with Crippen LogP contribution in [0, 0.1) is 5.82 Å². The predicted octanol–water partition coefficient (Wildman–Crippen LogP) is 2.96. The standard InChI is InChI=1S/C19H20FN5O/c20-14-3-4-15-16(23-26-17(15)11-14)12-24-7-9-25(10-8-24)18-5-6-21-19(22-18)13-1-2-13/h3-6,11,13H,1-2,7-10,12H2. The Hall–Kier alpha value is -2.54. The molecule has 134 valence electrons. The highest BCUT2D eigenvalue weighted by atomic mass is 19.1. The van der Waals surface area contributed by atoms with Gasteiger partial charge in [-0.15, -0.1) is 0 Å². The van der Waals surface area contributed by atoms with Crippen molar-refractivity contribution in [3.05, 3.63) is 47.8 Å². The minimum atomic E-state index is -0.302. The number of nitrogens with zero attached hydrogens (tertiary/aromatic N) is 5. The third-order valence-corrected chi connectivity index (χ3v) is 5.18. The van der Waals surface area contributed by atoms with Crippen molar-refractivity contribution < 1.29 is 8.91 Å². The molecule has 6 nitrogen and oxygen atoms in total. The van der Waals surface area contributed by atoms with Gasteiger partial charge >= 0.3 is 0 Å². The van der Waals surface area contributed by atoms with Gasteiger partial charge in [0.2, 0.25) is 0 Å². The molecule has 1 saturated heterocycles. The van der Waals surface area contributed by atoms with Crippen LogP contribution in [-0.4, -0.2) is 46.2 Å². The van der Waals surface area contributed by atoms with Gasteiger partial charge in [-0.2, -0.15) is 0 Å². The van der Waals surface area contributed by atoms with Gasteiger partial charge in [-0.3, -0.25) is 4.90 Å². The van der Waals surface area contributed by atoms with Gasteiger partial charge in [-0.25, -0.2) is 14.4 Å². The van der Waals surface area contributed by atoms with Gasteiger partial charge in [0.1, 0.15) is 23.2 Å². The summed E-state index contributed by atoms with van der Waals surface area (Å²) in [5.74, 6) is 2.29. The molecule has 1 aliphatic carbocycles. The number of anilines is 1. The summed E-state index contributed by atoms with van der Waals surface area (Å²) in [6.45, 7) is 4.41. The first-order valence-corrected chi connectivity index (χ1v) is 9.10. The van der Waals surface area contributed by atoms with Crippen molar-refractivity contribution in [1.82, 2.24) is 20.0 Å². The van der Waals surface area contributed by atoms with E-state index in [1.807, 2.05) is 12.3 Å². The molecule has 26 heavy (non-hydrogen) atoms. The Morgan fingerprint density at radius 2 is 1.96 bits per heavy atom. The zero-order valence-electron chi connectivity index (χ0n) is 14.4. The summed E-state index contributed by atoms with van der Waals surface area (Å²) in [6.07, 6.45) is 4.31. The normalized spacial score (nSPS) is 18.6. The van der Waals surface area contributed by atoms with E-state index in [-0.39, 0.29) is 5.82 Å². The summed E-state index contributed by atoms with van der Waals surface area (Å²) < 4.78 is 18.5. The fourth-order valence-electron chi connectivity index (χ4n) is 3.50. The fourth-order valence-corrected chi connectivity index (χ4v) is 3.50. The van der Waals surface area contributed by atoms with Crippen molar-refractivity contribution >= 4 is 16.8 Å². The van der Waals surface area contributed by atoms with E-state index >= 15 is 0 Å². The molecule has 0 N–H and O–H groups in total. The van der Waals surface area contributed by atoms with Crippen LogP contribution in [0.5, 0.6) is 0 Å². The minimum absolute atomic E-state index is 0.302. The summed E-state index contributed by atoms with van der Waals surface area (Å²) in [5, 5.41) is 5.02. The van der Waals surface area contributed by atoms with E-state index in [2.05, 4.69) is 19.9 Å². The Morgan fingerprint density at radius 3 is 2.77 bits per heavy atom. The second-order valence-corrected chi connectivity index (χ2v) is 7.08. The van der Waals surface area contributed by atoms with E-state index < -0.39 is 0 Å². The quantitative estimate of drug-likeness (QED) is 0.719. The Bertz CT molecular complexity index is 931. The maximum Gasteiger partial charge on any atom is 0.170 e.